The molecule has 11 heteroatoms. The zero-order valence-corrected chi connectivity index (χ0v) is 35.6. The van der Waals surface area contributed by atoms with E-state index in [-0.39, 0.29) is 21.8 Å². The van der Waals surface area contributed by atoms with Crippen LogP contribution in [-0.2, 0) is 26.6 Å². The fourth-order valence-electron chi connectivity index (χ4n) is 7.98. The number of sulfonamides is 1. The lowest BCUT2D eigenvalue weighted by atomic mass is 9.91. The molecule has 302 valence electrons. The minimum atomic E-state index is -4.57. The van der Waals surface area contributed by atoms with Crippen LogP contribution in [0.5, 0.6) is 0 Å². The second-order valence-corrected chi connectivity index (χ2v) is 18.6. The van der Waals surface area contributed by atoms with Crippen LogP contribution in [-0.4, -0.2) is 34.0 Å². The molecule has 3 atom stereocenters. The van der Waals surface area contributed by atoms with E-state index in [9.17, 15) is 21.4 Å². The molecule has 3 unspecified atom stereocenters. The summed E-state index contributed by atoms with van der Waals surface area (Å²) < 4.78 is 71.9. The zero-order chi connectivity index (χ0) is 41.1. The van der Waals surface area contributed by atoms with Gasteiger partial charge in [-0.1, -0.05) is 89.8 Å². The van der Waals surface area contributed by atoms with Crippen LogP contribution in [0.25, 0.3) is 33.4 Å². The predicted octanol–water partition coefficient (Wildman–Crippen LogP) is 10.6. The number of allylic oxidation sites excluding steroid dienone is 1. The normalized spacial score (nSPS) is 17.2. The number of fused-ring (bicyclic) bond motifs is 2. The van der Waals surface area contributed by atoms with E-state index in [1.165, 1.54) is 11.6 Å². The molecular formula is C46H55N3O6S2. The first kappa shape index (κ1) is 42.1. The number of rotatable bonds is 15. The molecule has 3 aliphatic rings. The first-order chi connectivity index (χ1) is 27.1. The molecule has 1 heterocycles. The summed E-state index contributed by atoms with van der Waals surface area (Å²) in [6.07, 6.45) is 9.63. The van der Waals surface area contributed by atoms with Crippen molar-refractivity contribution in [2.24, 2.45) is 16.8 Å². The maximum Gasteiger partial charge on any atom is 0.295 e. The fourth-order valence-corrected chi connectivity index (χ4v) is 10.0. The Balaban J connectivity index is 1.42. The number of benzene rings is 4. The Kier molecular flexibility index (Phi) is 12.9. The van der Waals surface area contributed by atoms with Crippen molar-refractivity contribution in [3.63, 3.8) is 0 Å². The Bertz CT molecular complexity index is 2580. The monoisotopic (exact) mass is 809 g/mol. The minimum Gasteiger partial charge on any atom is -0.456 e. The summed E-state index contributed by atoms with van der Waals surface area (Å²) in [6.45, 7) is 14.9. The van der Waals surface area contributed by atoms with E-state index in [1.54, 1.807) is 30.4 Å². The molecule has 1 aliphatic heterocycles. The van der Waals surface area contributed by atoms with Gasteiger partial charge in [0.1, 0.15) is 16.2 Å². The maximum atomic E-state index is 13.4. The summed E-state index contributed by atoms with van der Waals surface area (Å²) in [7, 11) is -8.27. The maximum absolute atomic E-state index is 13.4. The smallest absolute Gasteiger partial charge is 0.295 e. The Morgan fingerprint density at radius 3 is 2.28 bits per heavy atom. The van der Waals surface area contributed by atoms with Crippen LogP contribution in [0.4, 0.5) is 11.4 Å². The molecule has 2 aliphatic carbocycles. The van der Waals surface area contributed by atoms with Crippen LogP contribution < -0.4 is 15.4 Å². The highest BCUT2D eigenvalue weighted by Gasteiger charge is 2.28. The third-order valence-corrected chi connectivity index (χ3v) is 13.3. The van der Waals surface area contributed by atoms with Gasteiger partial charge in [-0.3, -0.25) is 9.55 Å². The van der Waals surface area contributed by atoms with Crippen molar-refractivity contribution in [1.82, 2.24) is 4.72 Å². The van der Waals surface area contributed by atoms with E-state index in [0.717, 1.165) is 66.6 Å². The standard InChI is InChI=1S/C46H55N3O6S2/c1-8-11-15-33(10-3)28-47-56(50,51)37-24-31(6)46(32(7)25-37)49-36-19-21-39-42(27-36)55-41-26-35(48-45-29(4)22-34(14-9-2)23-30(45)5)18-20-38(41)44(39)40-16-12-13-17-43(40)57(52,53)54/h12-13,16-27,31,33,46-48H,8-11,14-15,28H2,1-7H3,(H,52,53,54). The lowest BCUT2D eigenvalue weighted by Crippen LogP contribution is -2.32. The number of unbranched alkanes of at least 4 members (excludes halogenated alkanes) is 1. The average molecular weight is 810 g/mol. The molecule has 57 heavy (non-hydrogen) atoms. The quantitative estimate of drug-likeness (QED) is 0.0707. The summed E-state index contributed by atoms with van der Waals surface area (Å²) in [4.78, 5) is 5.14. The highest BCUT2D eigenvalue weighted by Crippen LogP contribution is 2.43. The third kappa shape index (κ3) is 9.44. The number of nitrogens with one attached hydrogen (secondary N) is 2. The molecule has 0 saturated carbocycles. The molecule has 6 rings (SSSR count). The summed E-state index contributed by atoms with van der Waals surface area (Å²) in [6, 6.07) is 21.8. The highest BCUT2D eigenvalue weighted by atomic mass is 32.2. The molecule has 3 N–H and O–H groups in total. The fraction of sp³-hybridized carbons (Fsp3) is 0.370. The van der Waals surface area contributed by atoms with Gasteiger partial charge >= 0.3 is 0 Å². The highest BCUT2D eigenvalue weighted by molar-refractivity contribution is 7.93. The van der Waals surface area contributed by atoms with E-state index >= 15 is 0 Å². The summed E-state index contributed by atoms with van der Waals surface area (Å²) in [5, 5.41) is 4.88. The lowest BCUT2D eigenvalue weighted by Gasteiger charge is -2.25. The molecular weight excluding hydrogens is 755 g/mol. The average Bonchev–Trinajstić information content (AvgIpc) is 3.16. The number of aryl methyl sites for hydroxylation is 3. The second-order valence-electron chi connectivity index (χ2n) is 15.5. The Hall–Kier alpha value is -4.55. The summed E-state index contributed by atoms with van der Waals surface area (Å²) in [5.41, 5.74) is 8.29. The molecule has 3 aromatic carbocycles. The van der Waals surface area contributed by atoms with Gasteiger partial charge in [0.15, 0.2) is 0 Å². The lowest BCUT2D eigenvalue weighted by molar-refractivity contribution is 0.444. The van der Waals surface area contributed by atoms with E-state index in [2.05, 4.69) is 56.8 Å². The van der Waals surface area contributed by atoms with E-state index in [0.29, 0.717) is 51.2 Å². The second kappa shape index (κ2) is 17.5. The van der Waals surface area contributed by atoms with Crippen molar-refractivity contribution in [3.05, 3.63) is 117 Å². The van der Waals surface area contributed by atoms with Crippen molar-refractivity contribution >= 4 is 42.5 Å². The molecule has 0 fully saturated rings. The number of hydrogen-bond donors (Lipinski definition) is 3. The zero-order valence-electron chi connectivity index (χ0n) is 34.0. The molecule has 0 amide bonds. The molecule has 0 aromatic heterocycles. The van der Waals surface area contributed by atoms with Gasteiger partial charge in [-0.2, -0.15) is 8.42 Å². The number of hydrogen-bond acceptors (Lipinski definition) is 7. The van der Waals surface area contributed by atoms with Crippen molar-refractivity contribution in [1.29, 1.82) is 0 Å². The van der Waals surface area contributed by atoms with Crippen molar-refractivity contribution in [3.8, 4) is 22.5 Å². The molecule has 0 bridgehead atoms. The Morgan fingerprint density at radius 1 is 0.877 bits per heavy atom. The van der Waals surface area contributed by atoms with Crippen molar-refractivity contribution < 1.29 is 25.8 Å². The van der Waals surface area contributed by atoms with Gasteiger partial charge in [-0.05, 0) is 98.2 Å². The van der Waals surface area contributed by atoms with Crippen molar-refractivity contribution in [2.45, 2.75) is 97.9 Å². The minimum absolute atomic E-state index is 0.205. The Morgan fingerprint density at radius 2 is 1.61 bits per heavy atom. The molecule has 0 saturated heterocycles. The molecule has 0 radical (unpaired) electrons. The van der Waals surface area contributed by atoms with Crippen molar-refractivity contribution in [2.75, 3.05) is 11.9 Å². The van der Waals surface area contributed by atoms with Crippen LogP contribution in [0, 0.1) is 25.7 Å². The SMILES string of the molecule is CCCCC(CC)CNS(=O)(=O)C1=CC(C)C(N=c2ccc3c(-c4ccccc4S(=O)(=O)O)c4ccc(Nc5c(C)cc(CCC)cc5C)cc4oc-3c2)C(C)=C1. The number of nitrogens with zero attached hydrogens (tertiary/aromatic N) is 1. The molecule has 3 aromatic rings. The van der Waals surface area contributed by atoms with Gasteiger partial charge in [0.2, 0.25) is 10.0 Å². The van der Waals surface area contributed by atoms with E-state index in [1.807, 2.05) is 50.2 Å². The summed E-state index contributed by atoms with van der Waals surface area (Å²) >= 11 is 0. The van der Waals surface area contributed by atoms with Gasteiger partial charge in [-0.25, -0.2) is 13.1 Å². The van der Waals surface area contributed by atoms with Crippen LogP contribution in [0.3, 0.4) is 0 Å². The topological polar surface area (TPSA) is 138 Å². The Labute approximate surface area is 338 Å². The first-order valence-electron chi connectivity index (χ1n) is 20.0. The van der Waals surface area contributed by atoms with E-state index < -0.39 is 20.1 Å². The summed E-state index contributed by atoms with van der Waals surface area (Å²) in [5.74, 6) is 0.561. The van der Waals surface area contributed by atoms with Gasteiger partial charge in [-0.15, -0.1) is 0 Å². The molecule has 0 spiro atoms. The first-order valence-corrected chi connectivity index (χ1v) is 22.9. The van der Waals surface area contributed by atoms with E-state index in [4.69, 9.17) is 9.41 Å². The molecule has 9 nitrogen and oxygen atoms in total. The van der Waals surface area contributed by atoms with Crippen LogP contribution in [0.15, 0.2) is 110 Å². The van der Waals surface area contributed by atoms with Gasteiger partial charge in [0, 0.05) is 58.0 Å². The largest absolute Gasteiger partial charge is 0.456 e. The van der Waals surface area contributed by atoms with Crippen LogP contribution in [0.2, 0.25) is 0 Å². The van der Waals surface area contributed by atoms with Gasteiger partial charge in [0.05, 0.1) is 16.3 Å². The predicted molar refractivity (Wildman–Crippen MR) is 232 cm³/mol. The van der Waals surface area contributed by atoms with Crippen LogP contribution >= 0.6 is 0 Å². The number of anilines is 2. The van der Waals surface area contributed by atoms with Gasteiger partial charge in [0.25, 0.3) is 10.1 Å². The van der Waals surface area contributed by atoms with Gasteiger partial charge < -0.3 is 9.73 Å². The third-order valence-electron chi connectivity index (χ3n) is 11.0. The van der Waals surface area contributed by atoms with Crippen LogP contribution in [0.1, 0.15) is 83.4 Å².